The van der Waals surface area contributed by atoms with Crippen LogP contribution in [-0.2, 0) is 0 Å². The highest BCUT2D eigenvalue weighted by Gasteiger charge is 2.49. The van der Waals surface area contributed by atoms with Gasteiger partial charge in [0.25, 0.3) is 11.6 Å². The van der Waals surface area contributed by atoms with Gasteiger partial charge in [0.05, 0.1) is 10.5 Å². The number of aromatic nitrogens is 1. The van der Waals surface area contributed by atoms with Crippen molar-refractivity contribution in [3.8, 4) is 0 Å². The largest absolute Gasteiger partial charge is 0.366 e. The van der Waals surface area contributed by atoms with E-state index in [-0.39, 0.29) is 22.7 Å². The second kappa shape index (κ2) is 5.53. The molecule has 0 aromatic carbocycles. The first-order valence-corrected chi connectivity index (χ1v) is 7.01. The summed E-state index contributed by atoms with van der Waals surface area (Å²) in [5.41, 5.74) is 5.09. The minimum Gasteiger partial charge on any atom is -0.366 e. The van der Waals surface area contributed by atoms with Crippen LogP contribution in [-0.4, -0.2) is 46.9 Å². The fourth-order valence-corrected chi connectivity index (χ4v) is 3.05. The molecule has 0 unspecified atom stereocenters. The third kappa shape index (κ3) is 2.74. The highest BCUT2D eigenvalue weighted by Crippen LogP contribution is 2.44. The van der Waals surface area contributed by atoms with Gasteiger partial charge in [0.15, 0.2) is 0 Å². The zero-order chi connectivity index (χ0) is 16.7. The first-order chi connectivity index (χ1) is 10.1. The Hall–Kier alpha value is -2.22. The quantitative estimate of drug-likeness (QED) is 0.624. The second-order valence-electron chi connectivity index (χ2n) is 6.44. The summed E-state index contributed by atoms with van der Waals surface area (Å²) in [7, 11) is 4.06. The van der Waals surface area contributed by atoms with Gasteiger partial charge in [-0.1, -0.05) is 13.8 Å². The molecule has 1 heterocycles. The van der Waals surface area contributed by atoms with Gasteiger partial charge in [-0.15, -0.1) is 0 Å². The van der Waals surface area contributed by atoms with Crippen molar-refractivity contribution in [3.63, 3.8) is 0 Å². The Morgan fingerprint density at radius 1 is 1.55 bits per heavy atom. The van der Waals surface area contributed by atoms with Crippen molar-refractivity contribution in [3.05, 3.63) is 27.9 Å². The number of hydrogen-bond acceptors (Lipinski definition) is 6. The van der Waals surface area contributed by atoms with Crippen LogP contribution in [0.2, 0.25) is 0 Å². The Morgan fingerprint density at radius 3 is 2.64 bits per heavy atom. The van der Waals surface area contributed by atoms with Crippen LogP contribution in [0.15, 0.2) is 12.3 Å². The monoisotopic (exact) mass is 307 g/mol. The summed E-state index contributed by atoms with van der Waals surface area (Å²) in [6.45, 7) is 4.27. The molecule has 120 valence electrons. The van der Waals surface area contributed by atoms with E-state index in [1.807, 2.05) is 14.1 Å². The van der Waals surface area contributed by atoms with Crippen LogP contribution in [0.1, 0.15) is 30.6 Å². The average Bonchev–Trinajstić information content (AvgIpc) is 2.42. The minimum atomic E-state index is -0.736. The van der Waals surface area contributed by atoms with E-state index in [1.165, 1.54) is 0 Å². The molecule has 2 atom stereocenters. The molecule has 3 N–H and O–H groups in total. The van der Waals surface area contributed by atoms with Crippen LogP contribution < -0.4 is 11.1 Å². The number of rotatable bonds is 5. The minimum absolute atomic E-state index is 0.0120. The topological polar surface area (TPSA) is 114 Å². The first kappa shape index (κ1) is 16.2. The van der Waals surface area contributed by atoms with Crippen molar-refractivity contribution in [1.29, 1.82) is 0 Å². The van der Waals surface area contributed by atoms with E-state index < -0.39 is 10.8 Å². The SMILES string of the molecule is CN(C)[C@H]1C[C@@H](Nc2ncc([N+](=O)[O-])cc2C(N)=O)C1(C)C. The molecule has 1 aliphatic rings. The third-order valence-electron chi connectivity index (χ3n) is 4.50. The number of nitrogens with one attached hydrogen (secondary N) is 1. The van der Waals surface area contributed by atoms with Crippen LogP contribution >= 0.6 is 0 Å². The van der Waals surface area contributed by atoms with E-state index in [2.05, 4.69) is 29.0 Å². The van der Waals surface area contributed by atoms with E-state index in [4.69, 9.17) is 5.73 Å². The number of nitrogens with two attached hydrogens (primary N) is 1. The Balaban J connectivity index is 2.24. The average molecular weight is 307 g/mol. The fraction of sp³-hybridized carbons (Fsp3) is 0.571. The van der Waals surface area contributed by atoms with E-state index in [0.717, 1.165) is 18.7 Å². The van der Waals surface area contributed by atoms with E-state index >= 15 is 0 Å². The van der Waals surface area contributed by atoms with Crippen molar-refractivity contribution in [2.24, 2.45) is 11.1 Å². The molecular formula is C14H21N5O3. The number of nitrogens with zero attached hydrogens (tertiary/aromatic N) is 3. The molecule has 1 fully saturated rings. The van der Waals surface area contributed by atoms with E-state index in [9.17, 15) is 14.9 Å². The number of carbonyl (C=O) groups excluding carboxylic acids is 1. The zero-order valence-corrected chi connectivity index (χ0v) is 13.2. The van der Waals surface area contributed by atoms with Gasteiger partial charge in [0, 0.05) is 23.6 Å². The third-order valence-corrected chi connectivity index (χ3v) is 4.50. The van der Waals surface area contributed by atoms with Crippen molar-refractivity contribution in [2.75, 3.05) is 19.4 Å². The van der Waals surface area contributed by atoms with Crippen molar-refractivity contribution < 1.29 is 9.72 Å². The van der Waals surface area contributed by atoms with Crippen LogP contribution in [0.25, 0.3) is 0 Å². The number of hydrogen-bond donors (Lipinski definition) is 2. The van der Waals surface area contributed by atoms with Crippen LogP contribution in [0.3, 0.4) is 0 Å². The lowest BCUT2D eigenvalue weighted by molar-refractivity contribution is -0.385. The Labute approximate surface area is 128 Å². The first-order valence-electron chi connectivity index (χ1n) is 7.01. The summed E-state index contributed by atoms with van der Waals surface area (Å²) < 4.78 is 0. The Morgan fingerprint density at radius 2 is 2.18 bits per heavy atom. The number of amides is 1. The molecule has 8 heteroatoms. The van der Waals surface area contributed by atoms with Gasteiger partial charge < -0.3 is 16.0 Å². The molecule has 1 aromatic heterocycles. The number of primary amides is 1. The maximum atomic E-state index is 11.5. The highest BCUT2D eigenvalue weighted by molar-refractivity contribution is 5.98. The maximum Gasteiger partial charge on any atom is 0.288 e. The van der Waals surface area contributed by atoms with Gasteiger partial charge >= 0.3 is 0 Å². The predicted octanol–water partition coefficient (Wildman–Crippen LogP) is 1.23. The molecule has 0 spiro atoms. The molecule has 0 aliphatic heterocycles. The molecule has 22 heavy (non-hydrogen) atoms. The van der Waals surface area contributed by atoms with E-state index in [1.54, 1.807) is 0 Å². The molecule has 0 saturated heterocycles. The summed E-state index contributed by atoms with van der Waals surface area (Å²) in [5.74, 6) is -0.437. The lowest BCUT2D eigenvalue weighted by Crippen LogP contribution is -2.62. The molecule has 1 aliphatic carbocycles. The van der Waals surface area contributed by atoms with Gasteiger partial charge in [-0.3, -0.25) is 14.9 Å². The number of anilines is 1. The zero-order valence-electron chi connectivity index (χ0n) is 13.2. The molecule has 1 aromatic rings. The normalized spacial score (nSPS) is 23.0. The maximum absolute atomic E-state index is 11.5. The molecular weight excluding hydrogens is 286 g/mol. The van der Waals surface area contributed by atoms with Crippen molar-refractivity contribution >= 4 is 17.4 Å². The lowest BCUT2D eigenvalue weighted by atomic mass is 9.62. The molecule has 1 saturated carbocycles. The summed E-state index contributed by atoms with van der Waals surface area (Å²) in [4.78, 5) is 27.9. The van der Waals surface area contributed by atoms with Gasteiger partial charge in [-0.25, -0.2) is 4.98 Å². The number of carbonyl (C=O) groups is 1. The standard InChI is InChI=1S/C14H21N5O3/c1-14(2)10(6-11(14)18(3)4)17-13-9(12(15)20)5-8(7-16-13)19(21)22/h5,7,10-11H,6H2,1-4H3,(H2,15,20)(H,16,17)/t10-,11+/m1/s1. The van der Waals surface area contributed by atoms with Crippen molar-refractivity contribution in [1.82, 2.24) is 9.88 Å². The highest BCUT2D eigenvalue weighted by atomic mass is 16.6. The molecule has 0 radical (unpaired) electrons. The molecule has 0 bridgehead atoms. The number of pyridine rings is 1. The molecule has 8 nitrogen and oxygen atoms in total. The van der Waals surface area contributed by atoms with Crippen LogP contribution in [0.4, 0.5) is 11.5 Å². The van der Waals surface area contributed by atoms with Crippen LogP contribution in [0, 0.1) is 15.5 Å². The summed E-state index contributed by atoms with van der Waals surface area (Å²) in [6, 6.07) is 1.69. The summed E-state index contributed by atoms with van der Waals surface area (Å²) in [5, 5.41) is 14.0. The van der Waals surface area contributed by atoms with Gasteiger partial charge in [0.1, 0.15) is 12.0 Å². The second-order valence-corrected chi connectivity index (χ2v) is 6.44. The smallest absolute Gasteiger partial charge is 0.288 e. The summed E-state index contributed by atoms with van der Waals surface area (Å²) in [6.07, 6.45) is 2.03. The van der Waals surface area contributed by atoms with Gasteiger partial charge in [-0.05, 0) is 20.5 Å². The van der Waals surface area contributed by atoms with E-state index in [0.29, 0.717) is 11.9 Å². The lowest BCUT2D eigenvalue weighted by Gasteiger charge is -2.55. The van der Waals surface area contributed by atoms with Gasteiger partial charge in [0.2, 0.25) is 0 Å². The fourth-order valence-electron chi connectivity index (χ4n) is 3.05. The van der Waals surface area contributed by atoms with Gasteiger partial charge in [-0.2, -0.15) is 0 Å². The summed E-state index contributed by atoms with van der Waals surface area (Å²) >= 11 is 0. The molecule has 1 amide bonds. The van der Waals surface area contributed by atoms with Crippen LogP contribution in [0.5, 0.6) is 0 Å². The Kier molecular flexibility index (Phi) is 4.06. The molecule has 2 rings (SSSR count). The Bertz CT molecular complexity index is 614. The predicted molar refractivity (Wildman–Crippen MR) is 82.7 cm³/mol. The van der Waals surface area contributed by atoms with Crippen molar-refractivity contribution in [2.45, 2.75) is 32.4 Å². The number of nitro groups is 1.